The number of carbonyl (C=O) groups is 1. The number of aromatic nitrogens is 6. The van der Waals surface area contributed by atoms with Gasteiger partial charge in [-0.1, -0.05) is 32.9 Å². The van der Waals surface area contributed by atoms with Crippen LogP contribution in [0.4, 0.5) is 5.69 Å². The number of rotatable bonds is 6. The number of aliphatic imine (C=N–C) groups is 1. The Hall–Kier alpha value is -4.14. The summed E-state index contributed by atoms with van der Waals surface area (Å²) in [5.41, 5.74) is 4.78. The smallest absolute Gasteiger partial charge is 0.182 e. The first-order valence-electron chi connectivity index (χ1n) is 11.4. The van der Waals surface area contributed by atoms with Crippen LogP contribution in [0.3, 0.4) is 0 Å². The van der Waals surface area contributed by atoms with Gasteiger partial charge in [-0.05, 0) is 18.2 Å². The van der Waals surface area contributed by atoms with Gasteiger partial charge in [0.05, 0.1) is 23.3 Å². The number of Topliss-reactive ketones (excluding diaryl/α,β-unsaturated/α-hetero) is 1. The average molecular weight is 468 g/mol. The third kappa shape index (κ3) is 4.75. The Labute approximate surface area is 202 Å². The maximum Gasteiger partial charge on any atom is 0.182 e. The zero-order chi connectivity index (χ0) is 24.6. The van der Waals surface area contributed by atoms with Crippen molar-refractivity contribution in [3.05, 3.63) is 77.8 Å². The van der Waals surface area contributed by atoms with E-state index in [0.717, 1.165) is 28.5 Å². The normalized spacial score (nSPS) is 13.9. The third-order valence-corrected chi connectivity index (χ3v) is 5.82. The summed E-state index contributed by atoms with van der Waals surface area (Å²) in [6, 6.07) is 7.25. The molecule has 0 unspecified atom stereocenters. The molecule has 5 heterocycles. The fourth-order valence-corrected chi connectivity index (χ4v) is 3.81. The van der Waals surface area contributed by atoms with Crippen LogP contribution in [0.2, 0.25) is 0 Å². The van der Waals surface area contributed by atoms with Crippen LogP contribution < -0.4 is 0 Å². The molecule has 9 heteroatoms. The highest BCUT2D eigenvalue weighted by molar-refractivity contribution is 6.04. The van der Waals surface area contributed by atoms with Crippen LogP contribution in [0.5, 0.6) is 0 Å². The molecule has 0 amide bonds. The third-order valence-electron chi connectivity index (χ3n) is 5.82. The molecule has 0 aliphatic carbocycles. The lowest BCUT2D eigenvalue weighted by Crippen LogP contribution is -2.16. The number of fused-ring (bicyclic) bond motifs is 1. The van der Waals surface area contributed by atoms with Crippen molar-refractivity contribution < 1.29 is 9.32 Å². The van der Waals surface area contributed by atoms with E-state index < -0.39 is 0 Å². The molecule has 1 atom stereocenters. The molecule has 4 aromatic heterocycles. The van der Waals surface area contributed by atoms with Crippen molar-refractivity contribution in [2.45, 2.75) is 51.9 Å². The minimum Gasteiger partial charge on any atom is -0.360 e. The Kier molecular flexibility index (Phi) is 5.76. The molecule has 1 aliphatic rings. The van der Waals surface area contributed by atoms with Crippen LogP contribution in [-0.2, 0) is 11.8 Å². The van der Waals surface area contributed by atoms with Gasteiger partial charge in [0, 0.05) is 48.2 Å². The van der Waals surface area contributed by atoms with E-state index in [9.17, 15) is 4.79 Å². The zero-order valence-corrected chi connectivity index (χ0v) is 20.1. The molecular weight excluding hydrogens is 442 g/mol. The summed E-state index contributed by atoms with van der Waals surface area (Å²) in [4.78, 5) is 39.3. The molecule has 1 aliphatic heterocycles. The molecule has 176 valence electrons. The number of ketones is 1. The average Bonchev–Trinajstić information content (AvgIpc) is 3.51. The van der Waals surface area contributed by atoms with Crippen molar-refractivity contribution in [3.63, 3.8) is 0 Å². The molecule has 0 fully saturated rings. The molecule has 0 bridgehead atoms. The molecule has 35 heavy (non-hydrogen) atoms. The number of carbonyl (C=O) groups excluding carboxylic acids is 1. The second kappa shape index (κ2) is 8.90. The quantitative estimate of drug-likeness (QED) is 0.375. The Balaban J connectivity index is 1.28. The van der Waals surface area contributed by atoms with Crippen LogP contribution in [0, 0.1) is 0 Å². The van der Waals surface area contributed by atoms with Gasteiger partial charge in [0.25, 0.3) is 0 Å². The lowest BCUT2D eigenvalue weighted by atomic mass is 9.95. The first-order valence-corrected chi connectivity index (χ1v) is 11.4. The van der Waals surface area contributed by atoms with Gasteiger partial charge < -0.3 is 4.52 Å². The molecule has 4 aromatic rings. The highest BCUT2D eigenvalue weighted by Gasteiger charge is 2.26. The molecule has 0 N–H and O–H groups in total. The number of pyridine rings is 1. The van der Waals surface area contributed by atoms with Crippen molar-refractivity contribution in [2.75, 3.05) is 0 Å². The molecule has 5 rings (SSSR count). The highest BCUT2D eigenvalue weighted by Crippen LogP contribution is 2.30. The van der Waals surface area contributed by atoms with E-state index in [4.69, 9.17) is 9.51 Å². The van der Waals surface area contributed by atoms with Crippen LogP contribution in [0.25, 0.3) is 11.3 Å². The summed E-state index contributed by atoms with van der Waals surface area (Å²) in [5, 5.41) is 4.21. The second-order valence-corrected chi connectivity index (χ2v) is 9.68. The SMILES string of the molecule is C[C@@H](CC(=O)c1cc(-c2cccnc2)ncn1)c1cc(C2=Nc3cnc(C(C)(C)C)nc3C2)no1. The Morgan fingerprint density at radius 3 is 2.74 bits per heavy atom. The van der Waals surface area contributed by atoms with E-state index in [1.54, 1.807) is 24.7 Å². The number of hydrogen-bond acceptors (Lipinski definition) is 9. The summed E-state index contributed by atoms with van der Waals surface area (Å²) in [6.45, 7) is 8.18. The Morgan fingerprint density at radius 2 is 1.97 bits per heavy atom. The van der Waals surface area contributed by atoms with E-state index in [0.29, 0.717) is 29.3 Å². The van der Waals surface area contributed by atoms with E-state index in [-0.39, 0.29) is 23.5 Å². The largest absolute Gasteiger partial charge is 0.360 e. The monoisotopic (exact) mass is 467 g/mol. The zero-order valence-electron chi connectivity index (χ0n) is 20.1. The summed E-state index contributed by atoms with van der Waals surface area (Å²) >= 11 is 0. The van der Waals surface area contributed by atoms with Crippen molar-refractivity contribution in [2.24, 2.45) is 4.99 Å². The number of hydrogen-bond donors (Lipinski definition) is 0. The van der Waals surface area contributed by atoms with Crippen molar-refractivity contribution in [1.29, 1.82) is 0 Å². The number of nitrogens with zero attached hydrogens (tertiary/aromatic N) is 7. The van der Waals surface area contributed by atoms with Crippen molar-refractivity contribution in [1.82, 2.24) is 30.1 Å². The first-order chi connectivity index (χ1) is 16.8. The van der Waals surface area contributed by atoms with Gasteiger partial charge in [-0.2, -0.15) is 0 Å². The first kappa shape index (κ1) is 22.6. The minimum atomic E-state index is -0.183. The van der Waals surface area contributed by atoms with Crippen LogP contribution >= 0.6 is 0 Å². The fourth-order valence-electron chi connectivity index (χ4n) is 3.81. The standard InChI is InChI=1S/C26H25N7O2/c1-15(8-23(34)21-9-17(29-14-30-21)16-6-5-7-27-12-16)24-11-20(33-35-24)18-10-19-22(31-18)13-28-25(32-19)26(2,3)4/h5-7,9,11-15H,8,10H2,1-4H3/t15-/m0/s1. The summed E-state index contributed by atoms with van der Waals surface area (Å²) in [7, 11) is 0. The minimum absolute atomic E-state index is 0.0985. The van der Waals surface area contributed by atoms with Gasteiger partial charge in [-0.25, -0.2) is 24.9 Å². The van der Waals surface area contributed by atoms with E-state index >= 15 is 0 Å². The summed E-state index contributed by atoms with van der Waals surface area (Å²) in [6.07, 6.45) is 7.35. The van der Waals surface area contributed by atoms with Crippen LogP contribution in [0.15, 0.2) is 58.7 Å². The van der Waals surface area contributed by atoms with Gasteiger partial charge in [0.2, 0.25) is 0 Å². The maximum absolute atomic E-state index is 12.9. The van der Waals surface area contributed by atoms with Gasteiger partial charge in [0.1, 0.15) is 35.0 Å². The predicted octanol–water partition coefficient (Wildman–Crippen LogP) is 4.67. The van der Waals surface area contributed by atoms with Crippen LogP contribution in [-0.4, -0.2) is 41.6 Å². The molecule has 0 spiro atoms. The summed E-state index contributed by atoms with van der Waals surface area (Å²) < 4.78 is 5.59. The summed E-state index contributed by atoms with van der Waals surface area (Å²) in [5.74, 6) is 1.13. The molecule has 0 saturated heterocycles. The van der Waals surface area contributed by atoms with Gasteiger partial charge in [0.15, 0.2) is 5.78 Å². The fraction of sp³-hybridized carbons (Fsp3) is 0.308. The van der Waals surface area contributed by atoms with Gasteiger partial charge >= 0.3 is 0 Å². The molecule has 0 radical (unpaired) electrons. The van der Waals surface area contributed by atoms with E-state index in [1.807, 2.05) is 25.1 Å². The van der Waals surface area contributed by atoms with E-state index in [1.165, 1.54) is 6.33 Å². The molecule has 0 aromatic carbocycles. The van der Waals surface area contributed by atoms with Crippen molar-refractivity contribution in [3.8, 4) is 11.3 Å². The van der Waals surface area contributed by atoms with Crippen LogP contribution in [0.1, 0.15) is 73.5 Å². The van der Waals surface area contributed by atoms with Gasteiger partial charge in [-0.3, -0.25) is 9.78 Å². The lowest BCUT2D eigenvalue weighted by molar-refractivity contribution is 0.0966. The molecule has 9 nitrogen and oxygen atoms in total. The highest BCUT2D eigenvalue weighted by atomic mass is 16.5. The van der Waals surface area contributed by atoms with Gasteiger partial charge in [-0.15, -0.1) is 0 Å². The van der Waals surface area contributed by atoms with E-state index in [2.05, 4.69) is 50.9 Å². The molecule has 0 saturated carbocycles. The maximum atomic E-state index is 12.9. The second-order valence-electron chi connectivity index (χ2n) is 9.68. The lowest BCUT2D eigenvalue weighted by Gasteiger charge is -2.16. The van der Waals surface area contributed by atoms with Crippen molar-refractivity contribution >= 4 is 17.2 Å². The predicted molar refractivity (Wildman–Crippen MR) is 130 cm³/mol. The Morgan fingerprint density at radius 1 is 1.11 bits per heavy atom. The topological polar surface area (TPSA) is 120 Å². The molecular formula is C26H25N7O2. The Bertz CT molecular complexity index is 1420.